The molecule has 0 aromatic heterocycles. The first-order valence-electron chi connectivity index (χ1n) is 6.96. The molecule has 0 aliphatic carbocycles. The molecular formula is C14H23N3O3S. The number of carbonyl (C=O) groups excluding carboxylic acids is 1. The van der Waals surface area contributed by atoms with Gasteiger partial charge >= 0.3 is 0 Å². The quantitative estimate of drug-likeness (QED) is 0.628. The average molecular weight is 313 g/mol. The molecule has 0 fully saturated rings. The van der Waals surface area contributed by atoms with Crippen LogP contribution >= 0.6 is 0 Å². The molecule has 4 N–H and O–H groups in total. The Morgan fingerprint density at radius 1 is 1.29 bits per heavy atom. The first kappa shape index (κ1) is 17.5. The summed E-state index contributed by atoms with van der Waals surface area (Å²) < 4.78 is 21.6. The fraction of sp³-hybridized carbons (Fsp3) is 0.500. The largest absolute Gasteiger partial charge is 0.384 e. The van der Waals surface area contributed by atoms with Crippen LogP contribution in [0.15, 0.2) is 18.2 Å². The number of aryl methyl sites for hydroxylation is 1. The Hall–Kier alpha value is -1.60. The van der Waals surface area contributed by atoms with E-state index in [-0.39, 0.29) is 18.2 Å². The molecule has 0 unspecified atom stereocenters. The molecule has 6 nitrogen and oxygen atoms in total. The maximum Gasteiger partial charge on any atom is 0.253 e. The van der Waals surface area contributed by atoms with Gasteiger partial charge in [0, 0.05) is 18.8 Å². The zero-order valence-electron chi connectivity index (χ0n) is 12.5. The van der Waals surface area contributed by atoms with E-state index in [1.54, 1.807) is 0 Å². The van der Waals surface area contributed by atoms with E-state index in [4.69, 9.17) is 5.14 Å². The topological polar surface area (TPSA) is 101 Å². The molecule has 0 aliphatic rings. The fourth-order valence-corrected chi connectivity index (χ4v) is 2.38. The van der Waals surface area contributed by atoms with E-state index in [0.29, 0.717) is 12.0 Å². The Balaban J connectivity index is 2.65. The number of nitrogens with one attached hydrogen (secondary N) is 2. The number of sulfonamides is 1. The molecule has 0 atom stereocenters. The van der Waals surface area contributed by atoms with Crippen LogP contribution in [0.3, 0.4) is 0 Å². The van der Waals surface area contributed by atoms with E-state index in [0.717, 1.165) is 24.2 Å². The highest BCUT2D eigenvalue weighted by Crippen LogP contribution is 2.17. The Morgan fingerprint density at radius 3 is 2.62 bits per heavy atom. The molecule has 1 rings (SSSR count). The van der Waals surface area contributed by atoms with Crippen molar-refractivity contribution >= 4 is 21.6 Å². The van der Waals surface area contributed by atoms with Crippen LogP contribution < -0.4 is 15.8 Å². The lowest BCUT2D eigenvalue weighted by Gasteiger charge is -2.12. The lowest BCUT2D eigenvalue weighted by atomic mass is 10.1. The van der Waals surface area contributed by atoms with E-state index in [1.165, 1.54) is 0 Å². The van der Waals surface area contributed by atoms with Crippen molar-refractivity contribution in [3.05, 3.63) is 29.3 Å². The molecule has 7 heteroatoms. The minimum atomic E-state index is -3.48. The molecule has 1 aromatic rings. The standard InChI is InChI=1S/C14H23N3O3S/c1-3-7-16-13-6-5-11(2)10-12(13)14(18)17-8-4-9-21(15,19)20/h5-6,10,16H,3-4,7-9H2,1-2H3,(H,17,18)(H2,15,19,20). The Labute approximate surface area is 126 Å². The minimum absolute atomic E-state index is 0.137. The summed E-state index contributed by atoms with van der Waals surface area (Å²) in [6.07, 6.45) is 1.26. The Morgan fingerprint density at radius 2 is 2.00 bits per heavy atom. The van der Waals surface area contributed by atoms with E-state index < -0.39 is 10.0 Å². The van der Waals surface area contributed by atoms with E-state index in [9.17, 15) is 13.2 Å². The van der Waals surface area contributed by atoms with Crippen LogP contribution in [-0.4, -0.2) is 33.2 Å². The SMILES string of the molecule is CCCNc1ccc(C)cc1C(=O)NCCCS(N)(=O)=O. The Bertz CT molecular complexity index is 585. The van der Waals surface area contributed by atoms with E-state index >= 15 is 0 Å². The summed E-state index contributed by atoms with van der Waals surface area (Å²) >= 11 is 0. The second kappa shape index (κ2) is 7.99. The van der Waals surface area contributed by atoms with Gasteiger partial charge in [-0.2, -0.15) is 0 Å². The predicted molar refractivity (Wildman–Crippen MR) is 84.9 cm³/mol. The van der Waals surface area contributed by atoms with Crippen LogP contribution in [0.5, 0.6) is 0 Å². The molecule has 21 heavy (non-hydrogen) atoms. The van der Waals surface area contributed by atoms with Gasteiger partial charge in [-0.05, 0) is 31.9 Å². The van der Waals surface area contributed by atoms with Crippen molar-refractivity contribution in [1.29, 1.82) is 0 Å². The highest BCUT2D eigenvalue weighted by Gasteiger charge is 2.11. The molecule has 0 heterocycles. The third kappa shape index (κ3) is 6.59. The molecule has 0 bridgehead atoms. The van der Waals surface area contributed by atoms with E-state index in [1.807, 2.05) is 32.0 Å². The lowest BCUT2D eigenvalue weighted by Crippen LogP contribution is -2.28. The molecular weight excluding hydrogens is 290 g/mol. The van der Waals surface area contributed by atoms with Crippen LogP contribution in [0.4, 0.5) is 5.69 Å². The van der Waals surface area contributed by atoms with Crippen molar-refractivity contribution in [2.45, 2.75) is 26.7 Å². The summed E-state index contributed by atoms with van der Waals surface area (Å²) in [4.78, 5) is 12.2. The number of amides is 1. The maximum absolute atomic E-state index is 12.2. The zero-order valence-corrected chi connectivity index (χ0v) is 13.3. The van der Waals surface area contributed by atoms with Crippen LogP contribution in [-0.2, 0) is 10.0 Å². The van der Waals surface area contributed by atoms with Crippen molar-refractivity contribution in [1.82, 2.24) is 5.32 Å². The van der Waals surface area contributed by atoms with Gasteiger partial charge in [-0.3, -0.25) is 4.79 Å². The van der Waals surface area contributed by atoms with Crippen LogP contribution in [0.1, 0.15) is 35.7 Å². The zero-order chi connectivity index (χ0) is 15.9. The van der Waals surface area contributed by atoms with Crippen LogP contribution in [0.2, 0.25) is 0 Å². The lowest BCUT2D eigenvalue weighted by molar-refractivity contribution is 0.0954. The second-order valence-corrected chi connectivity index (χ2v) is 6.69. The number of primary sulfonamides is 1. The third-order valence-electron chi connectivity index (χ3n) is 2.88. The smallest absolute Gasteiger partial charge is 0.253 e. The number of hydrogen-bond acceptors (Lipinski definition) is 4. The molecule has 0 aliphatic heterocycles. The normalized spacial score (nSPS) is 11.2. The van der Waals surface area contributed by atoms with Crippen LogP contribution in [0, 0.1) is 6.92 Å². The number of anilines is 1. The number of nitrogens with two attached hydrogens (primary N) is 1. The Kier molecular flexibility index (Phi) is 6.64. The maximum atomic E-state index is 12.2. The second-order valence-electron chi connectivity index (χ2n) is 4.95. The average Bonchev–Trinajstić information content (AvgIpc) is 2.41. The molecule has 0 spiro atoms. The molecule has 0 radical (unpaired) electrons. The summed E-state index contributed by atoms with van der Waals surface area (Å²) in [5, 5.41) is 10.8. The van der Waals surface area contributed by atoms with Crippen molar-refractivity contribution < 1.29 is 13.2 Å². The van der Waals surface area contributed by atoms with Gasteiger partial charge in [-0.15, -0.1) is 0 Å². The minimum Gasteiger partial charge on any atom is -0.384 e. The molecule has 1 amide bonds. The summed E-state index contributed by atoms with van der Waals surface area (Å²) in [6.45, 7) is 5.03. The predicted octanol–water partition coefficient (Wildman–Crippen LogP) is 1.23. The van der Waals surface area contributed by atoms with Gasteiger partial charge in [-0.1, -0.05) is 18.6 Å². The van der Waals surface area contributed by atoms with Crippen molar-refractivity contribution in [3.8, 4) is 0 Å². The van der Waals surface area contributed by atoms with E-state index in [2.05, 4.69) is 10.6 Å². The first-order valence-corrected chi connectivity index (χ1v) is 8.68. The highest BCUT2D eigenvalue weighted by atomic mass is 32.2. The van der Waals surface area contributed by atoms with Gasteiger partial charge in [0.1, 0.15) is 0 Å². The van der Waals surface area contributed by atoms with Crippen LogP contribution in [0.25, 0.3) is 0 Å². The molecule has 118 valence electrons. The van der Waals surface area contributed by atoms with Gasteiger partial charge < -0.3 is 10.6 Å². The number of hydrogen-bond donors (Lipinski definition) is 3. The van der Waals surface area contributed by atoms with Gasteiger partial charge in [0.05, 0.1) is 11.3 Å². The van der Waals surface area contributed by atoms with Gasteiger partial charge in [0.15, 0.2) is 0 Å². The molecule has 0 saturated heterocycles. The molecule has 0 saturated carbocycles. The van der Waals surface area contributed by atoms with Crippen molar-refractivity contribution in [3.63, 3.8) is 0 Å². The van der Waals surface area contributed by atoms with Gasteiger partial charge in [0.25, 0.3) is 5.91 Å². The summed E-state index contributed by atoms with van der Waals surface area (Å²) in [5.74, 6) is -0.353. The molecule has 1 aromatic carbocycles. The van der Waals surface area contributed by atoms with Crippen molar-refractivity contribution in [2.75, 3.05) is 24.2 Å². The highest BCUT2D eigenvalue weighted by molar-refractivity contribution is 7.89. The summed E-state index contributed by atoms with van der Waals surface area (Å²) in [7, 11) is -3.48. The fourth-order valence-electron chi connectivity index (χ4n) is 1.83. The monoisotopic (exact) mass is 313 g/mol. The third-order valence-corrected chi connectivity index (χ3v) is 3.73. The van der Waals surface area contributed by atoms with Crippen molar-refractivity contribution in [2.24, 2.45) is 5.14 Å². The first-order chi connectivity index (χ1) is 9.83. The number of benzene rings is 1. The van der Waals surface area contributed by atoms with Gasteiger partial charge in [0.2, 0.25) is 10.0 Å². The number of rotatable bonds is 8. The summed E-state index contributed by atoms with van der Waals surface area (Å²) in [5.41, 5.74) is 2.34. The van der Waals surface area contributed by atoms with Gasteiger partial charge in [-0.25, -0.2) is 13.6 Å². The summed E-state index contributed by atoms with van der Waals surface area (Å²) in [6, 6.07) is 5.63. The number of carbonyl (C=O) groups is 1.